The summed E-state index contributed by atoms with van der Waals surface area (Å²) in [5.41, 5.74) is 1.41. The van der Waals surface area contributed by atoms with Gasteiger partial charge >= 0.3 is 5.97 Å². The first-order chi connectivity index (χ1) is 15.0. The quantitative estimate of drug-likeness (QED) is 0.408. The van der Waals surface area contributed by atoms with E-state index < -0.39 is 19.2 Å². The number of nitrogens with zero attached hydrogens (tertiary/aromatic N) is 2. The molecular formula is C22H23N3O6. The van der Waals surface area contributed by atoms with Gasteiger partial charge in [0.1, 0.15) is 5.69 Å². The lowest BCUT2D eigenvalue weighted by molar-refractivity contribution is 0.0697. The van der Waals surface area contributed by atoms with Crippen molar-refractivity contribution in [2.45, 2.75) is 26.6 Å². The number of carbonyl (C=O) groups is 1. The van der Waals surface area contributed by atoms with Crippen molar-refractivity contribution in [1.29, 1.82) is 0 Å². The van der Waals surface area contributed by atoms with E-state index in [0.29, 0.717) is 17.8 Å². The Morgan fingerprint density at radius 2 is 1.94 bits per heavy atom. The number of hydrogen-bond donors (Lipinski definition) is 4. The largest absolute Gasteiger partial charge is 0.494 e. The minimum atomic E-state index is -1.28. The number of aromatic nitrogens is 2. The van der Waals surface area contributed by atoms with Crippen molar-refractivity contribution in [3.05, 3.63) is 74.7 Å². The Morgan fingerprint density at radius 3 is 2.48 bits per heavy atom. The topological polar surface area (TPSA) is 137 Å². The van der Waals surface area contributed by atoms with Crippen LogP contribution in [-0.2, 0) is 19.6 Å². The van der Waals surface area contributed by atoms with Gasteiger partial charge in [0.05, 0.1) is 37.1 Å². The van der Waals surface area contributed by atoms with Crippen molar-refractivity contribution in [2.75, 3.05) is 7.11 Å². The normalized spacial score (nSPS) is 11.2. The van der Waals surface area contributed by atoms with Crippen LogP contribution in [0, 0.1) is 0 Å². The summed E-state index contributed by atoms with van der Waals surface area (Å²) < 4.78 is 6.70. The lowest BCUT2D eigenvalue weighted by Crippen LogP contribution is -2.17. The van der Waals surface area contributed by atoms with Crippen LogP contribution in [0.15, 0.2) is 46.2 Å². The van der Waals surface area contributed by atoms with E-state index in [0.717, 1.165) is 0 Å². The van der Waals surface area contributed by atoms with Crippen LogP contribution in [-0.4, -0.2) is 44.4 Å². The molecule has 0 atom stereocenters. The second-order valence-corrected chi connectivity index (χ2v) is 6.66. The van der Waals surface area contributed by atoms with E-state index in [-0.39, 0.29) is 39.2 Å². The smallest absolute Gasteiger partial charge is 0.338 e. The molecule has 0 bridgehead atoms. The first-order valence-electron chi connectivity index (χ1n) is 9.57. The molecule has 31 heavy (non-hydrogen) atoms. The molecule has 0 saturated carbocycles. The first-order valence-corrected chi connectivity index (χ1v) is 9.57. The number of methoxy groups -OCH3 is 1. The molecule has 3 rings (SSSR count). The third-order valence-corrected chi connectivity index (χ3v) is 4.91. The fourth-order valence-corrected chi connectivity index (χ4v) is 3.35. The lowest BCUT2D eigenvalue weighted by Gasteiger charge is -2.15. The molecule has 1 aromatic heterocycles. The lowest BCUT2D eigenvalue weighted by atomic mass is 10.0. The molecule has 3 aromatic rings. The van der Waals surface area contributed by atoms with Crippen molar-refractivity contribution >= 4 is 17.9 Å². The molecule has 0 unspecified atom stereocenters. The maximum atomic E-state index is 13.0. The Morgan fingerprint density at radius 1 is 1.23 bits per heavy atom. The number of aliphatic imine (C=N–C) groups is 1. The highest BCUT2D eigenvalue weighted by Gasteiger charge is 2.22. The molecule has 4 N–H and O–H groups in total. The maximum absolute atomic E-state index is 13.0. The summed E-state index contributed by atoms with van der Waals surface area (Å²) in [5.74, 6) is -1.25. The van der Waals surface area contributed by atoms with Crippen molar-refractivity contribution in [2.24, 2.45) is 4.99 Å². The summed E-state index contributed by atoms with van der Waals surface area (Å²) in [7, 11) is 1.32. The number of carboxylic acids is 1. The zero-order valence-corrected chi connectivity index (χ0v) is 17.1. The number of rotatable bonds is 8. The summed E-state index contributed by atoms with van der Waals surface area (Å²) in [6.45, 7) is 0.921. The first kappa shape index (κ1) is 22.0. The van der Waals surface area contributed by atoms with Crippen molar-refractivity contribution in [3.63, 3.8) is 0 Å². The van der Waals surface area contributed by atoms with E-state index in [1.165, 1.54) is 24.1 Å². The molecule has 0 fully saturated rings. The highest BCUT2D eigenvalue weighted by molar-refractivity contribution is 5.97. The van der Waals surface area contributed by atoms with E-state index >= 15 is 0 Å². The Labute approximate surface area is 177 Å². The molecule has 9 heteroatoms. The van der Waals surface area contributed by atoms with E-state index in [4.69, 9.17) is 4.74 Å². The summed E-state index contributed by atoms with van der Waals surface area (Å²) in [6, 6.07) is 10.3. The fourth-order valence-electron chi connectivity index (χ4n) is 3.35. The minimum Gasteiger partial charge on any atom is -0.494 e. The molecular weight excluding hydrogens is 402 g/mol. The number of aromatic amines is 1. The molecule has 9 nitrogen and oxygen atoms in total. The van der Waals surface area contributed by atoms with Gasteiger partial charge in [0.25, 0.3) is 5.56 Å². The van der Waals surface area contributed by atoms with Crippen LogP contribution in [0.4, 0.5) is 5.69 Å². The average molecular weight is 425 g/mol. The summed E-state index contributed by atoms with van der Waals surface area (Å²) >= 11 is 0. The maximum Gasteiger partial charge on any atom is 0.338 e. The number of H-pyrrole nitrogens is 1. The van der Waals surface area contributed by atoms with E-state index in [2.05, 4.69) is 10.1 Å². The Kier molecular flexibility index (Phi) is 6.68. The second kappa shape index (κ2) is 9.41. The van der Waals surface area contributed by atoms with Gasteiger partial charge < -0.3 is 20.1 Å². The molecule has 0 saturated heterocycles. The van der Waals surface area contributed by atoms with E-state index in [1.54, 1.807) is 12.1 Å². The number of carboxylic acid groups (broad SMARTS) is 1. The fraction of sp³-hybridized carbons (Fsp3) is 0.227. The number of nitrogens with one attached hydrogen (secondary N) is 1. The second-order valence-electron chi connectivity index (χ2n) is 6.66. The van der Waals surface area contributed by atoms with E-state index in [1.807, 2.05) is 25.1 Å². The standard InChI is InChI=1S/C22H23N3O6/c1-3-18-16(21(28)25(24-18)14-7-5-4-6-8-14)10-23-19-15(22(29)30)9-13(11-26)17(12-27)20(19)31-2/h4-10,24,26-27H,3,11-12H2,1-2H3,(H,29,30). The molecule has 0 aliphatic heterocycles. The van der Waals surface area contributed by atoms with Gasteiger partial charge in [-0.3, -0.25) is 14.9 Å². The number of aryl methyl sites for hydroxylation is 1. The molecule has 0 amide bonds. The Balaban J connectivity index is 2.19. The summed E-state index contributed by atoms with van der Waals surface area (Å²) in [5, 5.41) is 31.9. The number of aliphatic hydroxyl groups is 2. The van der Waals surface area contributed by atoms with Crippen molar-refractivity contribution < 1.29 is 24.9 Å². The van der Waals surface area contributed by atoms with Gasteiger partial charge in [0.2, 0.25) is 0 Å². The van der Waals surface area contributed by atoms with Crippen LogP contribution in [0.1, 0.15) is 39.7 Å². The predicted molar refractivity (Wildman–Crippen MR) is 115 cm³/mol. The van der Waals surface area contributed by atoms with Gasteiger partial charge in [-0.15, -0.1) is 0 Å². The van der Waals surface area contributed by atoms with Crippen LogP contribution >= 0.6 is 0 Å². The van der Waals surface area contributed by atoms with Gasteiger partial charge in [0, 0.05) is 17.5 Å². The Hall–Kier alpha value is -3.69. The Bertz CT molecular complexity index is 1180. The number of hydrogen-bond acceptors (Lipinski definition) is 6. The molecule has 0 radical (unpaired) electrons. The summed E-state index contributed by atoms with van der Waals surface area (Å²) in [4.78, 5) is 29.1. The molecule has 162 valence electrons. The summed E-state index contributed by atoms with van der Waals surface area (Å²) in [6.07, 6.45) is 1.81. The van der Waals surface area contributed by atoms with Gasteiger partial charge in [-0.2, -0.15) is 0 Å². The average Bonchev–Trinajstić information content (AvgIpc) is 3.12. The highest BCUT2D eigenvalue weighted by Crippen LogP contribution is 2.38. The SMILES string of the molecule is CCc1[nH]n(-c2ccccc2)c(=O)c1C=Nc1c(C(=O)O)cc(CO)c(CO)c1OC. The van der Waals surface area contributed by atoms with Gasteiger partial charge in [-0.05, 0) is 30.2 Å². The van der Waals surface area contributed by atoms with Crippen LogP contribution in [0.25, 0.3) is 5.69 Å². The number of benzene rings is 2. The highest BCUT2D eigenvalue weighted by atomic mass is 16.5. The predicted octanol–water partition coefficient (Wildman–Crippen LogP) is 2.17. The van der Waals surface area contributed by atoms with Gasteiger partial charge in [-0.25, -0.2) is 9.48 Å². The monoisotopic (exact) mass is 425 g/mol. The van der Waals surface area contributed by atoms with Crippen LogP contribution < -0.4 is 10.3 Å². The number of aromatic carboxylic acids is 1. The molecule has 0 aliphatic rings. The zero-order chi connectivity index (χ0) is 22.5. The zero-order valence-electron chi connectivity index (χ0n) is 17.1. The third kappa shape index (κ3) is 4.14. The minimum absolute atomic E-state index is 0.0275. The third-order valence-electron chi connectivity index (χ3n) is 4.91. The number of aliphatic hydroxyl groups excluding tert-OH is 2. The van der Waals surface area contributed by atoms with Crippen LogP contribution in [0.2, 0.25) is 0 Å². The van der Waals surface area contributed by atoms with Crippen molar-refractivity contribution in [1.82, 2.24) is 9.78 Å². The van der Waals surface area contributed by atoms with Gasteiger partial charge in [-0.1, -0.05) is 25.1 Å². The van der Waals surface area contributed by atoms with Gasteiger partial charge in [0.15, 0.2) is 5.75 Å². The van der Waals surface area contributed by atoms with Crippen LogP contribution in [0.5, 0.6) is 5.75 Å². The molecule has 1 heterocycles. The van der Waals surface area contributed by atoms with E-state index in [9.17, 15) is 24.9 Å². The number of ether oxygens (including phenoxy) is 1. The van der Waals surface area contributed by atoms with Crippen molar-refractivity contribution in [3.8, 4) is 11.4 Å². The number of para-hydroxylation sites is 1. The molecule has 0 aliphatic carbocycles. The van der Waals surface area contributed by atoms with Crippen LogP contribution in [0.3, 0.4) is 0 Å². The molecule has 0 spiro atoms. The molecule has 2 aromatic carbocycles.